The van der Waals surface area contributed by atoms with Gasteiger partial charge in [-0.15, -0.1) is 0 Å². The zero-order valence-corrected chi connectivity index (χ0v) is 13.2. The molecule has 4 rings (SSSR count). The van der Waals surface area contributed by atoms with Gasteiger partial charge < -0.3 is 14.8 Å². The largest absolute Gasteiger partial charge is 0.480 e. The number of ether oxygens (including phenoxy) is 1. The minimum absolute atomic E-state index is 0.122. The molecular weight excluding hydrogens is 310 g/mol. The molecule has 1 atom stereocenters. The number of aryl methyl sites for hydroxylation is 1. The van der Waals surface area contributed by atoms with Gasteiger partial charge in [0.2, 0.25) is 0 Å². The molecule has 1 aromatic carbocycles. The summed E-state index contributed by atoms with van der Waals surface area (Å²) >= 11 is 0. The topological polar surface area (TPSA) is 106 Å². The van der Waals surface area contributed by atoms with Crippen molar-refractivity contribution in [3.63, 3.8) is 0 Å². The van der Waals surface area contributed by atoms with Gasteiger partial charge in [0.25, 0.3) is 0 Å². The van der Waals surface area contributed by atoms with Gasteiger partial charge in [0, 0.05) is 18.1 Å². The van der Waals surface area contributed by atoms with Crippen molar-refractivity contribution < 1.29 is 14.6 Å². The standard InChI is InChI=1S/C16H17N5O3/c1-9-17-12-3-2-10(6-13(12)18-9)16-19-15(11-4-5-24-8-11)20-21(16)7-14(22)23/h2-3,6,11H,4-5,7-8H2,1H3,(H,17,18)(H,22,23)/t11-/m1/s1. The number of aliphatic carboxylic acids is 1. The van der Waals surface area contributed by atoms with Crippen molar-refractivity contribution in [1.82, 2.24) is 24.7 Å². The molecule has 8 nitrogen and oxygen atoms in total. The first-order valence-corrected chi connectivity index (χ1v) is 7.81. The number of benzene rings is 1. The molecular formula is C16H17N5O3. The number of rotatable bonds is 4. The highest BCUT2D eigenvalue weighted by Gasteiger charge is 2.24. The Morgan fingerprint density at radius 2 is 2.33 bits per heavy atom. The van der Waals surface area contributed by atoms with Crippen LogP contribution in [-0.4, -0.2) is 49.0 Å². The van der Waals surface area contributed by atoms with E-state index in [4.69, 9.17) is 9.84 Å². The zero-order chi connectivity index (χ0) is 16.7. The van der Waals surface area contributed by atoms with E-state index >= 15 is 0 Å². The molecule has 0 unspecified atom stereocenters. The number of nitrogens with one attached hydrogen (secondary N) is 1. The Morgan fingerprint density at radius 1 is 1.46 bits per heavy atom. The first-order chi connectivity index (χ1) is 11.6. The van der Waals surface area contributed by atoms with E-state index in [1.165, 1.54) is 4.68 Å². The smallest absolute Gasteiger partial charge is 0.325 e. The maximum Gasteiger partial charge on any atom is 0.325 e. The van der Waals surface area contributed by atoms with Gasteiger partial charge in [-0.2, -0.15) is 5.10 Å². The molecule has 0 amide bonds. The van der Waals surface area contributed by atoms with E-state index in [2.05, 4.69) is 20.1 Å². The van der Waals surface area contributed by atoms with Crippen LogP contribution in [-0.2, 0) is 16.1 Å². The number of fused-ring (bicyclic) bond motifs is 1. The molecule has 3 aromatic rings. The lowest BCUT2D eigenvalue weighted by Crippen LogP contribution is -2.12. The number of carboxylic acids is 1. The highest BCUT2D eigenvalue weighted by Crippen LogP contribution is 2.27. The lowest BCUT2D eigenvalue weighted by atomic mass is 10.1. The fourth-order valence-electron chi connectivity index (χ4n) is 3.00. The molecule has 1 saturated heterocycles. The number of aromatic amines is 1. The minimum atomic E-state index is -0.950. The minimum Gasteiger partial charge on any atom is -0.480 e. The fraction of sp³-hybridized carbons (Fsp3) is 0.375. The predicted octanol–water partition coefficient (Wildman–Crippen LogP) is 1.72. The van der Waals surface area contributed by atoms with Crippen LogP contribution in [0.2, 0.25) is 0 Å². The molecule has 0 aliphatic carbocycles. The quantitative estimate of drug-likeness (QED) is 0.756. The molecule has 0 spiro atoms. The third-order valence-corrected chi connectivity index (χ3v) is 4.13. The van der Waals surface area contributed by atoms with Crippen molar-refractivity contribution in [1.29, 1.82) is 0 Å². The molecule has 0 saturated carbocycles. The van der Waals surface area contributed by atoms with E-state index < -0.39 is 5.97 Å². The van der Waals surface area contributed by atoms with Gasteiger partial charge in [0.15, 0.2) is 11.6 Å². The number of carboxylic acid groups (broad SMARTS) is 1. The van der Waals surface area contributed by atoms with Crippen LogP contribution in [0.3, 0.4) is 0 Å². The third-order valence-electron chi connectivity index (χ3n) is 4.13. The van der Waals surface area contributed by atoms with Crippen LogP contribution in [0.5, 0.6) is 0 Å². The van der Waals surface area contributed by atoms with Crippen molar-refractivity contribution >= 4 is 17.0 Å². The van der Waals surface area contributed by atoms with E-state index in [0.29, 0.717) is 24.9 Å². The predicted molar refractivity (Wildman–Crippen MR) is 85.7 cm³/mol. The molecule has 2 aromatic heterocycles. The van der Waals surface area contributed by atoms with Crippen LogP contribution in [0.15, 0.2) is 18.2 Å². The van der Waals surface area contributed by atoms with E-state index in [0.717, 1.165) is 28.8 Å². The summed E-state index contributed by atoms with van der Waals surface area (Å²) in [7, 11) is 0. The molecule has 8 heteroatoms. The maximum absolute atomic E-state index is 11.2. The molecule has 1 fully saturated rings. The molecule has 0 bridgehead atoms. The van der Waals surface area contributed by atoms with Crippen LogP contribution in [0.25, 0.3) is 22.4 Å². The number of carbonyl (C=O) groups is 1. The Morgan fingerprint density at radius 3 is 3.08 bits per heavy atom. The third kappa shape index (κ3) is 2.65. The second-order valence-corrected chi connectivity index (χ2v) is 5.96. The lowest BCUT2D eigenvalue weighted by molar-refractivity contribution is -0.137. The van der Waals surface area contributed by atoms with E-state index in [1.807, 2.05) is 25.1 Å². The number of nitrogens with zero attached hydrogens (tertiary/aromatic N) is 4. The van der Waals surface area contributed by atoms with Crippen LogP contribution in [0.4, 0.5) is 0 Å². The monoisotopic (exact) mass is 327 g/mol. The molecule has 24 heavy (non-hydrogen) atoms. The van der Waals surface area contributed by atoms with Crippen LogP contribution in [0.1, 0.15) is 24.0 Å². The summed E-state index contributed by atoms with van der Waals surface area (Å²) in [5.41, 5.74) is 2.57. The normalized spacial score (nSPS) is 17.6. The van der Waals surface area contributed by atoms with E-state index in [-0.39, 0.29) is 12.5 Å². The van der Waals surface area contributed by atoms with Gasteiger partial charge >= 0.3 is 5.97 Å². The first kappa shape index (κ1) is 14.8. The Bertz CT molecular complexity index is 908. The number of aromatic nitrogens is 5. The first-order valence-electron chi connectivity index (χ1n) is 7.81. The maximum atomic E-state index is 11.2. The summed E-state index contributed by atoms with van der Waals surface area (Å²) in [4.78, 5) is 23.3. The van der Waals surface area contributed by atoms with Gasteiger partial charge in [0.05, 0.1) is 17.6 Å². The Labute approximate surface area is 137 Å². The van der Waals surface area contributed by atoms with Gasteiger partial charge in [0.1, 0.15) is 12.4 Å². The van der Waals surface area contributed by atoms with Crippen molar-refractivity contribution in [2.75, 3.05) is 13.2 Å². The van der Waals surface area contributed by atoms with Gasteiger partial charge in [-0.1, -0.05) is 0 Å². The highest BCUT2D eigenvalue weighted by molar-refractivity contribution is 5.80. The summed E-state index contributed by atoms with van der Waals surface area (Å²) in [6.45, 7) is 2.93. The van der Waals surface area contributed by atoms with Crippen molar-refractivity contribution in [2.24, 2.45) is 0 Å². The van der Waals surface area contributed by atoms with Crippen molar-refractivity contribution in [2.45, 2.75) is 25.8 Å². The van der Waals surface area contributed by atoms with E-state index in [1.54, 1.807) is 0 Å². The Hall–Kier alpha value is -2.74. The van der Waals surface area contributed by atoms with Crippen LogP contribution >= 0.6 is 0 Å². The van der Waals surface area contributed by atoms with E-state index in [9.17, 15) is 4.79 Å². The SMILES string of the molecule is Cc1nc2ccc(-c3nc([C@@H]4CCOC4)nn3CC(=O)O)cc2[nH]1. The molecule has 3 heterocycles. The number of H-pyrrole nitrogens is 1. The number of imidazole rings is 1. The summed E-state index contributed by atoms with van der Waals surface area (Å²) in [5, 5.41) is 13.6. The fourth-order valence-corrected chi connectivity index (χ4v) is 3.00. The average molecular weight is 327 g/mol. The summed E-state index contributed by atoms with van der Waals surface area (Å²) in [6.07, 6.45) is 0.856. The highest BCUT2D eigenvalue weighted by atomic mass is 16.5. The number of hydrogen-bond acceptors (Lipinski definition) is 5. The van der Waals surface area contributed by atoms with Crippen molar-refractivity contribution in [3.05, 3.63) is 29.8 Å². The molecule has 124 valence electrons. The Balaban J connectivity index is 1.79. The summed E-state index contributed by atoms with van der Waals surface area (Å²) in [5.74, 6) is 1.20. The second-order valence-electron chi connectivity index (χ2n) is 5.96. The van der Waals surface area contributed by atoms with Crippen LogP contribution in [0, 0.1) is 6.92 Å². The summed E-state index contributed by atoms with van der Waals surface area (Å²) < 4.78 is 6.83. The summed E-state index contributed by atoms with van der Waals surface area (Å²) in [6, 6.07) is 5.71. The lowest BCUT2D eigenvalue weighted by Gasteiger charge is -2.03. The van der Waals surface area contributed by atoms with Gasteiger partial charge in [-0.3, -0.25) is 4.79 Å². The molecule has 1 aliphatic heterocycles. The van der Waals surface area contributed by atoms with Crippen molar-refractivity contribution in [3.8, 4) is 11.4 Å². The van der Waals surface area contributed by atoms with Gasteiger partial charge in [-0.25, -0.2) is 14.6 Å². The number of hydrogen-bond donors (Lipinski definition) is 2. The average Bonchev–Trinajstić information content (AvgIpc) is 3.23. The van der Waals surface area contributed by atoms with Gasteiger partial charge in [-0.05, 0) is 31.5 Å². The Kier molecular flexibility index (Phi) is 3.53. The van der Waals surface area contributed by atoms with Crippen LogP contribution < -0.4 is 0 Å². The second kappa shape index (κ2) is 5.72. The molecule has 1 aliphatic rings. The zero-order valence-electron chi connectivity index (χ0n) is 13.2. The molecule has 2 N–H and O–H groups in total. The molecule has 0 radical (unpaired) electrons.